The van der Waals surface area contributed by atoms with Crippen molar-refractivity contribution in [3.63, 3.8) is 0 Å². The van der Waals surface area contributed by atoms with Crippen LogP contribution in [0.1, 0.15) is 51.4 Å². The molecule has 0 aromatic heterocycles. The summed E-state index contributed by atoms with van der Waals surface area (Å²) in [5, 5.41) is 10.0. The predicted molar refractivity (Wildman–Crippen MR) is 115 cm³/mol. The molecular formula is C23H28F4N4O6. The third-order valence-electron chi connectivity index (χ3n) is 8.25. The summed E-state index contributed by atoms with van der Waals surface area (Å²) in [5.74, 6) is -5.19. The molecule has 5 aliphatic carbocycles. The van der Waals surface area contributed by atoms with Gasteiger partial charge in [-0.1, -0.05) is 0 Å². The summed E-state index contributed by atoms with van der Waals surface area (Å²) in [5.41, 5.74) is -3.53. The number of carbonyl (C=O) groups is 5. The monoisotopic (exact) mass is 532 g/mol. The van der Waals surface area contributed by atoms with Crippen LogP contribution in [0.4, 0.5) is 17.6 Å². The van der Waals surface area contributed by atoms with Crippen molar-refractivity contribution >= 4 is 29.4 Å². The highest BCUT2D eigenvalue weighted by atomic mass is 19.4. The Bertz CT molecular complexity index is 1030. The molecule has 0 aromatic rings. The lowest BCUT2D eigenvalue weighted by Gasteiger charge is -2.65. The van der Waals surface area contributed by atoms with Crippen LogP contribution < -0.4 is 21.3 Å². The Hall–Kier alpha value is -2.77. The second kappa shape index (κ2) is 8.63. The van der Waals surface area contributed by atoms with Crippen molar-refractivity contribution in [1.29, 1.82) is 0 Å². The summed E-state index contributed by atoms with van der Waals surface area (Å²) in [6, 6.07) is -1.46. The Morgan fingerprint density at radius 3 is 2.24 bits per heavy atom. The van der Waals surface area contributed by atoms with Gasteiger partial charge >= 0.3 is 18.2 Å². The van der Waals surface area contributed by atoms with Crippen molar-refractivity contribution in [2.75, 3.05) is 13.2 Å². The summed E-state index contributed by atoms with van der Waals surface area (Å²) in [6.45, 7) is -1.02. The maximum absolute atomic E-state index is 13.7. The molecule has 37 heavy (non-hydrogen) atoms. The van der Waals surface area contributed by atoms with Gasteiger partial charge in [0.25, 0.3) is 0 Å². The summed E-state index contributed by atoms with van der Waals surface area (Å²) in [6.07, 6.45) is -2.73. The van der Waals surface area contributed by atoms with E-state index in [0.29, 0.717) is 13.0 Å². The molecule has 6 aliphatic rings. The molecule has 4 amide bonds. The van der Waals surface area contributed by atoms with E-state index in [4.69, 9.17) is 0 Å². The van der Waals surface area contributed by atoms with E-state index in [1.54, 1.807) is 0 Å². The number of alkyl halides is 4. The van der Waals surface area contributed by atoms with E-state index in [0.717, 1.165) is 12.8 Å². The van der Waals surface area contributed by atoms with E-state index in [9.17, 15) is 41.5 Å². The first kappa shape index (κ1) is 25.9. The first-order valence-electron chi connectivity index (χ1n) is 12.4. The van der Waals surface area contributed by atoms with Gasteiger partial charge in [0.2, 0.25) is 11.8 Å². The Morgan fingerprint density at radius 2 is 1.70 bits per heavy atom. The predicted octanol–water partition coefficient (Wildman–Crippen LogP) is 0.149. The van der Waals surface area contributed by atoms with E-state index in [2.05, 4.69) is 26.0 Å². The van der Waals surface area contributed by atoms with E-state index in [1.165, 1.54) is 0 Å². The van der Waals surface area contributed by atoms with Gasteiger partial charge in [-0.25, -0.2) is 4.39 Å². The Kier molecular flexibility index (Phi) is 6.03. The van der Waals surface area contributed by atoms with Crippen molar-refractivity contribution in [2.45, 2.75) is 80.5 Å². The molecule has 4 N–H and O–H groups in total. The average Bonchev–Trinajstić information content (AvgIpc) is 3.67. The number of nitrogens with one attached hydrogen (secondary N) is 4. The standard InChI is InChI=1S/C23H28F4N4O6/c24-20-8-21(9-20,10-20)30-17(34)18(35)31-22(6-13(22)11-1-2-11)19(36)29-14(5-12-3-4-28-16(12)33)15(32)7-37-23(25,26)27/h11-14H,1-10H2,(H,28,33)(H,29,36)(H,30,34)(H,31,35)/t12-,13-,14?,20?,21?,22+/m0/s1. The molecule has 6 rings (SSSR count). The van der Waals surface area contributed by atoms with Gasteiger partial charge in [0.1, 0.15) is 17.8 Å². The van der Waals surface area contributed by atoms with Crippen LogP contribution in [0, 0.1) is 17.8 Å². The van der Waals surface area contributed by atoms with Crippen molar-refractivity contribution in [3.05, 3.63) is 0 Å². The maximum Gasteiger partial charge on any atom is 0.522 e. The molecule has 10 nitrogen and oxygen atoms in total. The minimum atomic E-state index is -5.06. The van der Waals surface area contributed by atoms with E-state index < -0.39 is 65.2 Å². The number of hydrogen-bond acceptors (Lipinski definition) is 6. The topological polar surface area (TPSA) is 143 Å². The highest BCUT2D eigenvalue weighted by Crippen LogP contribution is 2.63. The lowest BCUT2D eigenvalue weighted by Crippen LogP contribution is -2.77. The molecule has 6 fully saturated rings. The lowest BCUT2D eigenvalue weighted by molar-refractivity contribution is -0.321. The van der Waals surface area contributed by atoms with Gasteiger partial charge in [-0.15, -0.1) is 13.2 Å². The molecule has 0 aromatic carbocycles. The highest BCUT2D eigenvalue weighted by Gasteiger charge is 2.70. The van der Waals surface area contributed by atoms with Crippen LogP contribution in [0.2, 0.25) is 0 Å². The van der Waals surface area contributed by atoms with Crippen LogP contribution in [-0.4, -0.2) is 71.7 Å². The van der Waals surface area contributed by atoms with Gasteiger partial charge in [-0.3, -0.25) is 28.7 Å². The number of carbonyl (C=O) groups excluding carboxylic acids is 5. The Labute approximate surface area is 209 Å². The van der Waals surface area contributed by atoms with Crippen molar-refractivity contribution in [2.24, 2.45) is 17.8 Å². The van der Waals surface area contributed by atoms with Crippen molar-refractivity contribution < 1.29 is 46.3 Å². The fourth-order valence-corrected chi connectivity index (χ4v) is 6.14. The van der Waals surface area contributed by atoms with Crippen molar-refractivity contribution in [3.8, 4) is 0 Å². The number of hydrogen-bond donors (Lipinski definition) is 4. The van der Waals surface area contributed by atoms with E-state index in [1.807, 2.05) is 0 Å². The van der Waals surface area contributed by atoms with Crippen LogP contribution in [0.15, 0.2) is 0 Å². The molecule has 0 spiro atoms. The number of rotatable bonds is 10. The minimum Gasteiger partial charge on any atom is -0.356 e. The minimum absolute atomic E-state index is 0.126. The summed E-state index contributed by atoms with van der Waals surface area (Å²) < 4.78 is 54.9. The van der Waals surface area contributed by atoms with Gasteiger partial charge < -0.3 is 21.3 Å². The first-order valence-corrected chi connectivity index (χ1v) is 12.4. The fraction of sp³-hybridized carbons (Fsp3) is 0.783. The smallest absolute Gasteiger partial charge is 0.356 e. The molecule has 1 saturated heterocycles. The Morgan fingerprint density at radius 1 is 1.05 bits per heavy atom. The zero-order chi connectivity index (χ0) is 26.8. The van der Waals surface area contributed by atoms with E-state index in [-0.39, 0.29) is 49.8 Å². The van der Waals surface area contributed by atoms with Gasteiger partial charge in [-0.2, -0.15) is 0 Å². The molecule has 5 saturated carbocycles. The summed E-state index contributed by atoms with van der Waals surface area (Å²) in [4.78, 5) is 63.2. The molecule has 2 bridgehead atoms. The third kappa shape index (κ3) is 5.16. The molecule has 1 aliphatic heterocycles. The van der Waals surface area contributed by atoms with E-state index >= 15 is 0 Å². The van der Waals surface area contributed by atoms with Gasteiger partial charge in [-0.05, 0) is 43.9 Å². The van der Waals surface area contributed by atoms with Crippen LogP contribution in [0.25, 0.3) is 0 Å². The summed E-state index contributed by atoms with van der Waals surface area (Å²) >= 11 is 0. The van der Waals surface area contributed by atoms with Crippen LogP contribution in [-0.2, 0) is 28.7 Å². The van der Waals surface area contributed by atoms with Gasteiger partial charge in [0.15, 0.2) is 5.78 Å². The second-order valence-electron chi connectivity index (χ2n) is 11.2. The zero-order valence-electron chi connectivity index (χ0n) is 19.8. The van der Waals surface area contributed by atoms with Gasteiger partial charge in [0, 0.05) is 37.3 Å². The number of ketones is 1. The average molecular weight is 532 g/mol. The number of ether oxygens (including phenoxy) is 1. The normalized spacial score (nSPS) is 36.4. The fourth-order valence-electron chi connectivity index (χ4n) is 6.14. The SMILES string of the molecule is O=C(NC12CC(F)(C1)C2)C(=O)N[C@]1(C(=O)NC(C[C@@H]2CCNC2=O)C(=O)COC(F)(F)F)C[C@H]1C1CC1. The molecule has 1 unspecified atom stereocenters. The van der Waals surface area contributed by atoms with Crippen LogP contribution >= 0.6 is 0 Å². The molecule has 14 heteroatoms. The maximum atomic E-state index is 13.7. The highest BCUT2D eigenvalue weighted by molar-refractivity contribution is 6.36. The van der Waals surface area contributed by atoms with Gasteiger partial charge in [0.05, 0.1) is 6.04 Å². The molecule has 4 atom stereocenters. The zero-order valence-corrected chi connectivity index (χ0v) is 19.8. The molecule has 0 radical (unpaired) electrons. The Balaban J connectivity index is 1.26. The number of amides is 4. The lowest BCUT2D eigenvalue weighted by atomic mass is 9.47. The van der Waals surface area contributed by atoms with Crippen LogP contribution in [0.5, 0.6) is 0 Å². The quantitative estimate of drug-likeness (QED) is 0.233. The van der Waals surface area contributed by atoms with Crippen molar-refractivity contribution in [1.82, 2.24) is 21.3 Å². The number of Topliss-reactive ketones (excluding diaryl/α,β-unsaturated/α-hetero) is 1. The largest absolute Gasteiger partial charge is 0.522 e. The second-order valence-corrected chi connectivity index (χ2v) is 11.2. The molecule has 204 valence electrons. The third-order valence-corrected chi connectivity index (χ3v) is 8.25. The van der Waals surface area contributed by atoms with Crippen LogP contribution in [0.3, 0.4) is 0 Å². The molecule has 1 heterocycles. The summed E-state index contributed by atoms with van der Waals surface area (Å²) in [7, 11) is 0. The number of halogens is 4. The first-order chi connectivity index (χ1) is 17.2. The molecular weight excluding hydrogens is 504 g/mol.